The second-order valence-electron chi connectivity index (χ2n) is 5.80. The summed E-state index contributed by atoms with van der Waals surface area (Å²) >= 11 is 1.09. The molecule has 0 aliphatic carbocycles. The zero-order chi connectivity index (χ0) is 19.7. The molecule has 2 rings (SSSR count). The number of halogens is 3. The number of hydrogen-bond donors (Lipinski definition) is 1. The number of nitrogens with one attached hydrogen (secondary N) is 1. The van der Waals surface area contributed by atoms with Crippen LogP contribution >= 0.6 is 11.8 Å². The molecule has 146 valence electrons. The summed E-state index contributed by atoms with van der Waals surface area (Å²) < 4.78 is 43.1. The number of pyridine rings is 1. The summed E-state index contributed by atoms with van der Waals surface area (Å²) in [6, 6.07) is 12.1. The molecule has 1 atom stereocenters. The smallest absolute Gasteiger partial charge is 0.374 e. The highest BCUT2D eigenvalue weighted by atomic mass is 32.2. The normalized spacial score (nSPS) is 12.6. The van der Waals surface area contributed by atoms with Crippen LogP contribution in [-0.4, -0.2) is 29.8 Å². The van der Waals surface area contributed by atoms with Crippen LogP contribution in [0.25, 0.3) is 0 Å². The van der Waals surface area contributed by atoms with Gasteiger partial charge >= 0.3 is 6.18 Å². The van der Waals surface area contributed by atoms with Gasteiger partial charge in [-0.05, 0) is 31.0 Å². The minimum absolute atomic E-state index is 0.0109. The summed E-state index contributed by atoms with van der Waals surface area (Å²) in [4.78, 5) is 15.5. The second kappa shape index (κ2) is 10.3. The van der Waals surface area contributed by atoms with Crippen LogP contribution in [0, 0.1) is 0 Å². The van der Waals surface area contributed by atoms with E-state index in [4.69, 9.17) is 4.74 Å². The van der Waals surface area contributed by atoms with Gasteiger partial charge in [0.25, 0.3) is 0 Å². The Morgan fingerprint density at radius 1 is 1.22 bits per heavy atom. The van der Waals surface area contributed by atoms with Gasteiger partial charge < -0.3 is 10.1 Å². The molecule has 0 fully saturated rings. The van der Waals surface area contributed by atoms with E-state index >= 15 is 0 Å². The number of ether oxygens (including phenoxy) is 1. The van der Waals surface area contributed by atoms with Crippen molar-refractivity contribution in [2.75, 3.05) is 18.9 Å². The maximum absolute atomic E-state index is 12.5. The first-order chi connectivity index (χ1) is 12.9. The van der Waals surface area contributed by atoms with E-state index in [9.17, 15) is 18.0 Å². The molecule has 8 heteroatoms. The van der Waals surface area contributed by atoms with Crippen LogP contribution in [0.4, 0.5) is 13.2 Å². The summed E-state index contributed by atoms with van der Waals surface area (Å²) in [5, 5.41) is 3.13. The summed E-state index contributed by atoms with van der Waals surface area (Å²) in [7, 11) is 0. The average Bonchev–Trinajstić information content (AvgIpc) is 2.66. The van der Waals surface area contributed by atoms with Crippen LogP contribution in [0.15, 0.2) is 53.7 Å². The number of benzene rings is 1. The lowest BCUT2D eigenvalue weighted by Crippen LogP contribution is -2.27. The zero-order valence-corrected chi connectivity index (χ0v) is 15.6. The Labute approximate surface area is 160 Å². The average molecular weight is 398 g/mol. The summed E-state index contributed by atoms with van der Waals surface area (Å²) in [6.45, 7) is 2.97. The highest BCUT2D eigenvalue weighted by Gasteiger charge is 2.30. The van der Waals surface area contributed by atoms with Crippen molar-refractivity contribution in [2.45, 2.75) is 30.7 Å². The number of carbonyl (C=O) groups excluding carboxylic acids is 1. The van der Waals surface area contributed by atoms with Gasteiger partial charge in [-0.25, -0.2) is 4.98 Å². The Morgan fingerprint density at radius 2 is 1.96 bits per heavy atom. The van der Waals surface area contributed by atoms with Gasteiger partial charge in [-0.1, -0.05) is 42.1 Å². The van der Waals surface area contributed by atoms with Crippen LogP contribution in [0.1, 0.15) is 30.6 Å². The quantitative estimate of drug-likeness (QED) is 0.500. The molecule has 1 N–H and O–H groups in total. The van der Waals surface area contributed by atoms with Crippen LogP contribution in [0.2, 0.25) is 0 Å². The topological polar surface area (TPSA) is 51.2 Å². The van der Waals surface area contributed by atoms with Gasteiger partial charge in [-0.3, -0.25) is 4.79 Å². The number of amides is 1. The molecule has 1 aromatic carbocycles. The molecule has 0 bridgehead atoms. The molecular formula is C19H21F3N2O2S. The first-order valence-corrected chi connectivity index (χ1v) is 9.44. The Bertz CT molecular complexity index is 709. The highest BCUT2D eigenvalue weighted by Crippen LogP contribution is 2.29. The molecule has 0 radical (unpaired) electrons. The molecule has 0 saturated carbocycles. The first-order valence-electron chi connectivity index (χ1n) is 8.45. The van der Waals surface area contributed by atoms with Crippen molar-refractivity contribution in [1.82, 2.24) is 10.3 Å². The third-order valence-corrected chi connectivity index (χ3v) is 4.64. The molecule has 0 spiro atoms. The van der Waals surface area contributed by atoms with Gasteiger partial charge in [0.2, 0.25) is 5.91 Å². The van der Waals surface area contributed by atoms with Crippen molar-refractivity contribution in [1.29, 1.82) is 0 Å². The summed E-state index contributed by atoms with van der Waals surface area (Å²) in [6.07, 6.45) is -2.98. The molecule has 0 aliphatic rings. The van der Waals surface area contributed by atoms with E-state index < -0.39 is 11.7 Å². The first kappa shape index (κ1) is 21.2. The molecule has 0 aliphatic heterocycles. The van der Waals surface area contributed by atoms with Gasteiger partial charge in [-0.15, -0.1) is 0 Å². The third-order valence-electron chi connectivity index (χ3n) is 3.69. The monoisotopic (exact) mass is 398 g/mol. The molecule has 1 unspecified atom stereocenters. The molecule has 2 aromatic rings. The number of rotatable bonds is 9. The minimum atomic E-state index is -4.41. The number of aromatic nitrogens is 1. The number of carbonyl (C=O) groups is 1. The summed E-state index contributed by atoms with van der Waals surface area (Å²) in [5.41, 5.74) is 0.294. The molecule has 0 saturated heterocycles. The van der Waals surface area contributed by atoms with Crippen molar-refractivity contribution in [3.63, 3.8) is 0 Å². The number of hydrogen-bond acceptors (Lipinski definition) is 4. The van der Waals surface area contributed by atoms with Gasteiger partial charge in [-0.2, -0.15) is 13.2 Å². The van der Waals surface area contributed by atoms with Crippen LogP contribution < -0.4 is 5.32 Å². The van der Waals surface area contributed by atoms with Gasteiger partial charge in [0, 0.05) is 19.3 Å². The van der Waals surface area contributed by atoms with E-state index in [2.05, 4.69) is 10.3 Å². The summed E-state index contributed by atoms with van der Waals surface area (Å²) in [5.74, 6) is -0.0996. The van der Waals surface area contributed by atoms with Gasteiger partial charge in [0.15, 0.2) is 0 Å². The van der Waals surface area contributed by atoms with E-state index in [0.717, 1.165) is 29.6 Å². The van der Waals surface area contributed by atoms with E-state index in [1.165, 1.54) is 6.07 Å². The van der Waals surface area contributed by atoms with Crippen LogP contribution in [0.5, 0.6) is 0 Å². The van der Waals surface area contributed by atoms with Crippen molar-refractivity contribution in [2.24, 2.45) is 0 Å². The predicted molar refractivity (Wildman–Crippen MR) is 98.4 cm³/mol. The minimum Gasteiger partial charge on any atom is -0.374 e. The maximum Gasteiger partial charge on any atom is 0.417 e. The van der Waals surface area contributed by atoms with Crippen LogP contribution in [0.3, 0.4) is 0 Å². The molecule has 1 heterocycles. The van der Waals surface area contributed by atoms with Crippen molar-refractivity contribution in [3.05, 3.63) is 59.8 Å². The SMILES string of the molecule is CC(OCCCNC(=O)CSc1ccc(C(F)(F)F)cn1)c1ccccc1. The molecule has 27 heavy (non-hydrogen) atoms. The van der Waals surface area contributed by atoms with Crippen molar-refractivity contribution >= 4 is 17.7 Å². The number of alkyl halides is 3. The van der Waals surface area contributed by atoms with Crippen LogP contribution in [-0.2, 0) is 15.7 Å². The number of nitrogens with zero attached hydrogens (tertiary/aromatic N) is 1. The molecule has 1 amide bonds. The maximum atomic E-state index is 12.5. The van der Waals surface area contributed by atoms with Gasteiger partial charge in [0.1, 0.15) is 0 Å². The Kier molecular flexibility index (Phi) is 8.12. The Balaban J connectivity index is 1.60. The Hall–Kier alpha value is -2.06. The van der Waals surface area contributed by atoms with Crippen molar-refractivity contribution in [3.8, 4) is 0 Å². The third kappa shape index (κ3) is 7.60. The molecule has 4 nitrogen and oxygen atoms in total. The van der Waals surface area contributed by atoms with E-state index in [1.807, 2.05) is 37.3 Å². The fourth-order valence-electron chi connectivity index (χ4n) is 2.20. The lowest BCUT2D eigenvalue weighted by molar-refractivity contribution is -0.137. The molecular weight excluding hydrogens is 377 g/mol. The van der Waals surface area contributed by atoms with E-state index in [0.29, 0.717) is 24.6 Å². The highest BCUT2D eigenvalue weighted by molar-refractivity contribution is 7.99. The Morgan fingerprint density at radius 3 is 2.59 bits per heavy atom. The molecule has 1 aromatic heterocycles. The van der Waals surface area contributed by atoms with Gasteiger partial charge in [0.05, 0.1) is 22.4 Å². The van der Waals surface area contributed by atoms with E-state index in [1.54, 1.807) is 0 Å². The van der Waals surface area contributed by atoms with E-state index in [-0.39, 0.29) is 17.8 Å². The van der Waals surface area contributed by atoms with Crippen molar-refractivity contribution < 1.29 is 22.7 Å². The predicted octanol–water partition coefficient (Wildman–Crippen LogP) is 4.48. The standard InChI is InChI=1S/C19H21F3N2O2S/c1-14(15-6-3-2-4-7-15)26-11-5-10-23-17(25)13-27-18-9-8-16(12-24-18)19(20,21)22/h2-4,6-9,12,14H,5,10-11,13H2,1H3,(H,23,25). The largest absolute Gasteiger partial charge is 0.417 e. The second-order valence-corrected chi connectivity index (χ2v) is 6.79. The fraction of sp³-hybridized carbons (Fsp3) is 0.368. The lowest BCUT2D eigenvalue weighted by atomic mass is 10.1. The zero-order valence-electron chi connectivity index (χ0n) is 14.8. The fourth-order valence-corrected chi connectivity index (χ4v) is 2.88. The number of thioether (sulfide) groups is 1. The lowest BCUT2D eigenvalue weighted by Gasteiger charge is -2.13.